The fourth-order valence-corrected chi connectivity index (χ4v) is 2.89. The molecule has 8 nitrogen and oxygen atoms in total. The number of furan rings is 1. The van der Waals surface area contributed by atoms with E-state index in [-0.39, 0.29) is 24.2 Å². The summed E-state index contributed by atoms with van der Waals surface area (Å²) in [6, 6.07) is 10.9. The summed E-state index contributed by atoms with van der Waals surface area (Å²) < 4.78 is 12.0. The van der Waals surface area contributed by atoms with E-state index in [1.54, 1.807) is 25.5 Å². The molecule has 0 bridgehead atoms. The van der Waals surface area contributed by atoms with Crippen LogP contribution < -0.4 is 10.1 Å². The standard InChI is InChI=1S/C20H24N4O4/c1-14(9-10-15-6-5-11-28-15)21-20(26)17-12-24(23-22-17)13-18(25)16-7-3-4-8-19(16)27-2/h3-8,11-12,14,18,25H,9-10,13H2,1-2H3,(H,21,26)/t14-,18-/m1/s1. The van der Waals surface area contributed by atoms with Gasteiger partial charge in [0.05, 0.1) is 26.1 Å². The van der Waals surface area contributed by atoms with Crippen molar-refractivity contribution in [2.75, 3.05) is 7.11 Å². The summed E-state index contributed by atoms with van der Waals surface area (Å²) in [6.45, 7) is 2.09. The number of hydrogen-bond donors (Lipinski definition) is 2. The summed E-state index contributed by atoms with van der Waals surface area (Å²) in [7, 11) is 1.55. The van der Waals surface area contributed by atoms with E-state index in [1.165, 1.54) is 10.9 Å². The molecule has 2 aromatic heterocycles. The minimum Gasteiger partial charge on any atom is -0.496 e. The van der Waals surface area contributed by atoms with Crippen LogP contribution >= 0.6 is 0 Å². The Bertz CT molecular complexity index is 891. The zero-order valence-electron chi connectivity index (χ0n) is 15.9. The number of carbonyl (C=O) groups excluding carboxylic acids is 1. The zero-order chi connectivity index (χ0) is 19.9. The van der Waals surface area contributed by atoms with E-state index in [9.17, 15) is 9.90 Å². The van der Waals surface area contributed by atoms with Crippen molar-refractivity contribution in [3.05, 3.63) is 65.9 Å². The number of carbonyl (C=O) groups is 1. The summed E-state index contributed by atoms with van der Waals surface area (Å²) in [5.41, 5.74) is 0.857. The smallest absolute Gasteiger partial charge is 0.273 e. The Kier molecular flexibility index (Phi) is 6.44. The molecule has 0 unspecified atom stereocenters. The second-order valence-corrected chi connectivity index (χ2v) is 6.58. The predicted octanol–water partition coefficient (Wildman–Crippen LogP) is 2.36. The van der Waals surface area contributed by atoms with Crippen LogP contribution in [-0.2, 0) is 13.0 Å². The fraction of sp³-hybridized carbons (Fsp3) is 0.350. The Hall–Kier alpha value is -3.13. The first-order valence-corrected chi connectivity index (χ1v) is 9.11. The number of aryl methyl sites for hydroxylation is 1. The van der Waals surface area contributed by atoms with Crippen molar-refractivity contribution >= 4 is 5.91 Å². The first kappa shape index (κ1) is 19.6. The maximum Gasteiger partial charge on any atom is 0.273 e. The molecule has 1 amide bonds. The van der Waals surface area contributed by atoms with Gasteiger partial charge in [-0.3, -0.25) is 4.79 Å². The third-order valence-corrected chi connectivity index (χ3v) is 4.41. The molecule has 3 rings (SSSR count). The van der Waals surface area contributed by atoms with Crippen LogP contribution in [0.3, 0.4) is 0 Å². The van der Waals surface area contributed by atoms with Crippen molar-refractivity contribution < 1.29 is 19.1 Å². The number of aromatic nitrogens is 3. The first-order valence-electron chi connectivity index (χ1n) is 9.11. The molecule has 28 heavy (non-hydrogen) atoms. The van der Waals surface area contributed by atoms with Crippen LogP contribution in [-0.4, -0.2) is 39.2 Å². The van der Waals surface area contributed by atoms with Crippen molar-refractivity contribution in [1.29, 1.82) is 0 Å². The highest BCUT2D eigenvalue weighted by molar-refractivity contribution is 5.92. The maximum absolute atomic E-state index is 12.4. The number of para-hydroxylation sites is 1. The number of ether oxygens (including phenoxy) is 1. The van der Waals surface area contributed by atoms with E-state index in [4.69, 9.17) is 9.15 Å². The highest BCUT2D eigenvalue weighted by Gasteiger charge is 2.17. The average molecular weight is 384 g/mol. The second kappa shape index (κ2) is 9.18. The summed E-state index contributed by atoms with van der Waals surface area (Å²) in [5, 5.41) is 21.2. The summed E-state index contributed by atoms with van der Waals surface area (Å²) in [5.74, 6) is 1.18. The lowest BCUT2D eigenvalue weighted by molar-refractivity contribution is 0.0932. The minimum atomic E-state index is -0.832. The van der Waals surface area contributed by atoms with Gasteiger partial charge in [-0.05, 0) is 31.5 Å². The van der Waals surface area contributed by atoms with Gasteiger partial charge in [-0.2, -0.15) is 0 Å². The third-order valence-electron chi connectivity index (χ3n) is 4.41. The van der Waals surface area contributed by atoms with Gasteiger partial charge in [-0.15, -0.1) is 5.10 Å². The van der Waals surface area contributed by atoms with Gasteiger partial charge in [0.15, 0.2) is 5.69 Å². The molecule has 1 aromatic carbocycles. The molecule has 0 aliphatic rings. The Morgan fingerprint density at radius 2 is 2.14 bits per heavy atom. The molecule has 8 heteroatoms. The number of amides is 1. The van der Waals surface area contributed by atoms with Gasteiger partial charge in [0.1, 0.15) is 17.6 Å². The maximum atomic E-state index is 12.4. The van der Waals surface area contributed by atoms with E-state index < -0.39 is 6.10 Å². The van der Waals surface area contributed by atoms with Gasteiger partial charge in [-0.25, -0.2) is 4.68 Å². The average Bonchev–Trinajstić information content (AvgIpc) is 3.38. The lowest BCUT2D eigenvalue weighted by Crippen LogP contribution is -2.33. The topological polar surface area (TPSA) is 102 Å². The molecular weight excluding hydrogens is 360 g/mol. The SMILES string of the molecule is COc1ccccc1[C@H](O)Cn1cc(C(=O)N[C@H](C)CCc2ccco2)nn1. The van der Waals surface area contributed by atoms with Crippen LogP contribution in [0.5, 0.6) is 5.75 Å². The number of nitrogens with zero attached hydrogens (tertiary/aromatic N) is 3. The van der Waals surface area contributed by atoms with E-state index in [0.29, 0.717) is 11.3 Å². The number of rotatable bonds is 9. The molecule has 0 spiro atoms. The summed E-state index contributed by atoms with van der Waals surface area (Å²) >= 11 is 0. The van der Waals surface area contributed by atoms with Crippen molar-refractivity contribution in [3.8, 4) is 5.75 Å². The molecule has 2 heterocycles. The number of nitrogens with one attached hydrogen (secondary N) is 1. The molecule has 2 atom stereocenters. The molecule has 0 fully saturated rings. The van der Waals surface area contributed by atoms with Crippen LogP contribution in [0.4, 0.5) is 0 Å². The van der Waals surface area contributed by atoms with Crippen LogP contribution in [0.15, 0.2) is 53.3 Å². The van der Waals surface area contributed by atoms with Crippen LogP contribution in [0.25, 0.3) is 0 Å². The van der Waals surface area contributed by atoms with Gasteiger partial charge < -0.3 is 19.6 Å². The molecule has 3 aromatic rings. The van der Waals surface area contributed by atoms with Crippen LogP contribution in [0, 0.1) is 0 Å². The fourth-order valence-electron chi connectivity index (χ4n) is 2.89. The first-order chi connectivity index (χ1) is 13.6. The molecule has 148 valence electrons. The molecule has 0 radical (unpaired) electrons. The number of aliphatic hydroxyl groups is 1. The normalized spacial score (nSPS) is 13.1. The molecule has 0 aliphatic carbocycles. The third kappa shape index (κ3) is 4.98. The van der Waals surface area contributed by atoms with Crippen LogP contribution in [0.2, 0.25) is 0 Å². The van der Waals surface area contributed by atoms with Crippen molar-refractivity contribution in [3.63, 3.8) is 0 Å². The Labute approximate surface area is 163 Å². The number of methoxy groups -OCH3 is 1. The number of benzene rings is 1. The Morgan fingerprint density at radius 1 is 1.32 bits per heavy atom. The van der Waals surface area contributed by atoms with Gasteiger partial charge in [0.25, 0.3) is 5.91 Å². The van der Waals surface area contributed by atoms with Crippen molar-refractivity contribution in [2.24, 2.45) is 0 Å². The van der Waals surface area contributed by atoms with Gasteiger partial charge in [-0.1, -0.05) is 23.4 Å². The second-order valence-electron chi connectivity index (χ2n) is 6.58. The Balaban J connectivity index is 1.54. The lowest BCUT2D eigenvalue weighted by Gasteiger charge is -2.14. The summed E-state index contributed by atoms with van der Waals surface area (Å²) in [4.78, 5) is 12.4. The molecule has 0 saturated heterocycles. The van der Waals surface area contributed by atoms with Gasteiger partial charge in [0, 0.05) is 18.0 Å². The lowest BCUT2D eigenvalue weighted by atomic mass is 10.1. The molecule has 2 N–H and O–H groups in total. The Morgan fingerprint density at radius 3 is 2.89 bits per heavy atom. The number of aliphatic hydroxyl groups excluding tert-OH is 1. The van der Waals surface area contributed by atoms with E-state index >= 15 is 0 Å². The predicted molar refractivity (Wildman–Crippen MR) is 102 cm³/mol. The molecule has 0 aliphatic heterocycles. The highest BCUT2D eigenvalue weighted by Crippen LogP contribution is 2.25. The minimum absolute atomic E-state index is 0.0399. The van der Waals surface area contributed by atoms with Crippen molar-refractivity contribution in [1.82, 2.24) is 20.3 Å². The molecular formula is C20H24N4O4. The summed E-state index contributed by atoms with van der Waals surface area (Å²) in [6.07, 6.45) is 3.82. The van der Waals surface area contributed by atoms with Crippen LogP contribution in [0.1, 0.15) is 41.3 Å². The van der Waals surface area contributed by atoms with E-state index in [2.05, 4.69) is 15.6 Å². The van der Waals surface area contributed by atoms with Crippen molar-refractivity contribution in [2.45, 2.75) is 38.5 Å². The van der Waals surface area contributed by atoms with E-state index in [0.717, 1.165) is 18.6 Å². The number of hydrogen-bond acceptors (Lipinski definition) is 6. The quantitative estimate of drug-likeness (QED) is 0.587. The van der Waals surface area contributed by atoms with Gasteiger partial charge >= 0.3 is 0 Å². The van der Waals surface area contributed by atoms with Gasteiger partial charge in [0.2, 0.25) is 0 Å². The zero-order valence-corrected chi connectivity index (χ0v) is 15.9. The highest BCUT2D eigenvalue weighted by atomic mass is 16.5. The largest absolute Gasteiger partial charge is 0.496 e. The molecule has 0 saturated carbocycles. The van der Waals surface area contributed by atoms with E-state index in [1.807, 2.05) is 31.2 Å². The monoisotopic (exact) mass is 384 g/mol.